The molecule has 142 valence electrons. The van der Waals surface area contributed by atoms with Gasteiger partial charge in [0, 0.05) is 23.1 Å². The number of phenols is 1. The summed E-state index contributed by atoms with van der Waals surface area (Å²) in [6.45, 7) is 7.36. The Bertz CT molecular complexity index is 1070. The lowest BCUT2D eigenvalue weighted by Crippen LogP contribution is -2.14. The second-order valence-electron chi connectivity index (χ2n) is 6.86. The van der Waals surface area contributed by atoms with Crippen LogP contribution in [0.3, 0.4) is 0 Å². The van der Waals surface area contributed by atoms with Gasteiger partial charge in [-0.05, 0) is 31.9 Å². The minimum atomic E-state index is -0.760. The molecule has 3 aromatic rings. The van der Waals surface area contributed by atoms with Crippen molar-refractivity contribution in [3.8, 4) is 11.4 Å². The quantitative estimate of drug-likeness (QED) is 0.651. The molecule has 0 fully saturated rings. The van der Waals surface area contributed by atoms with E-state index in [2.05, 4.69) is 4.98 Å². The standard InChI is InChI=1S/C20H23FN4O2/c1-5-9(2)16-15(21)18-12(8-24-16)14(20(23)27)19(22)25(18)17-10(3)6-7-13(26)11(17)4/h6-9,26H,5,22H2,1-4H3,(H2,23,27). The summed E-state index contributed by atoms with van der Waals surface area (Å²) in [5.41, 5.74) is 14.0. The van der Waals surface area contributed by atoms with Crippen molar-refractivity contribution in [1.29, 1.82) is 0 Å². The molecule has 3 rings (SSSR count). The largest absolute Gasteiger partial charge is 0.508 e. The molecule has 2 aromatic heterocycles. The Balaban J connectivity index is 2.55. The van der Waals surface area contributed by atoms with Gasteiger partial charge >= 0.3 is 0 Å². The molecule has 0 bridgehead atoms. The lowest BCUT2D eigenvalue weighted by molar-refractivity contribution is 0.100. The van der Waals surface area contributed by atoms with Crippen LogP contribution in [-0.2, 0) is 0 Å². The predicted octanol–water partition coefficient (Wildman–Crippen LogP) is 3.68. The Morgan fingerprint density at radius 1 is 1.37 bits per heavy atom. The number of hydrogen-bond acceptors (Lipinski definition) is 4. The van der Waals surface area contributed by atoms with Crippen molar-refractivity contribution >= 4 is 22.6 Å². The number of anilines is 1. The van der Waals surface area contributed by atoms with E-state index in [4.69, 9.17) is 11.5 Å². The zero-order chi connectivity index (χ0) is 20.0. The van der Waals surface area contributed by atoms with Crippen LogP contribution in [0.2, 0.25) is 0 Å². The highest BCUT2D eigenvalue weighted by Gasteiger charge is 2.27. The second kappa shape index (κ2) is 6.57. The fourth-order valence-electron chi connectivity index (χ4n) is 3.46. The number of pyridine rings is 1. The number of nitrogen functional groups attached to an aromatic ring is 1. The van der Waals surface area contributed by atoms with Crippen molar-refractivity contribution in [2.75, 3.05) is 5.73 Å². The molecule has 5 N–H and O–H groups in total. The van der Waals surface area contributed by atoms with Gasteiger partial charge < -0.3 is 16.6 Å². The number of aromatic nitrogens is 2. The Morgan fingerprint density at radius 2 is 2.04 bits per heavy atom. The monoisotopic (exact) mass is 370 g/mol. The smallest absolute Gasteiger partial charge is 0.253 e. The number of carbonyl (C=O) groups excluding carboxylic acids is 1. The number of carbonyl (C=O) groups is 1. The molecule has 27 heavy (non-hydrogen) atoms. The minimum absolute atomic E-state index is 0.0224. The first-order valence-corrected chi connectivity index (χ1v) is 8.78. The summed E-state index contributed by atoms with van der Waals surface area (Å²) in [6.07, 6.45) is 2.15. The second-order valence-corrected chi connectivity index (χ2v) is 6.86. The van der Waals surface area contributed by atoms with Crippen LogP contribution in [0.5, 0.6) is 5.75 Å². The average molecular weight is 370 g/mol. The van der Waals surface area contributed by atoms with Crippen LogP contribution < -0.4 is 11.5 Å². The van der Waals surface area contributed by atoms with Gasteiger partial charge in [0.1, 0.15) is 11.6 Å². The van der Waals surface area contributed by atoms with Crippen LogP contribution in [0.25, 0.3) is 16.6 Å². The average Bonchev–Trinajstić information content (AvgIpc) is 2.91. The molecule has 6 nitrogen and oxygen atoms in total. The van der Waals surface area contributed by atoms with Crippen LogP contribution >= 0.6 is 0 Å². The Labute approximate surface area is 156 Å². The van der Waals surface area contributed by atoms with E-state index < -0.39 is 11.7 Å². The van der Waals surface area contributed by atoms with Gasteiger partial charge in [-0.2, -0.15) is 0 Å². The number of benzene rings is 1. The molecule has 0 aliphatic rings. The summed E-state index contributed by atoms with van der Waals surface area (Å²) in [5.74, 6) is -1.33. The van der Waals surface area contributed by atoms with E-state index in [1.807, 2.05) is 20.8 Å². The molecule has 1 aromatic carbocycles. The van der Waals surface area contributed by atoms with Gasteiger partial charge in [-0.15, -0.1) is 0 Å². The number of rotatable bonds is 4. The normalized spacial score (nSPS) is 12.5. The minimum Gasteiger partial charge on any atom is -0.508 e. The number of aryl methyl sites for hydroxylation is 1. The lowest BCUT2D eigenvalue weighted by Gasteiger charge is -2.17. The van der Waals surface area contributed by atoms with Crippen molar-refractivity contribution in [3.63, 3.8) is 0 Å². The molecule has 0 spiro atoms. The number of nitrogens with two attached hydrogens (primary N) is 2. The fraction of sp³-hybridized carbons (Fsp3) is 0.300. The summed E-state index contributed by atoms with van der Waals surface area (Å²) >= 11 is 0. The van der Waals surface area contributed by atoms with Crippen LogP contribution in [0, 0.1) is 19.7 Å². The van der Waals surface area contributed by atoms with E-state index in [0.29, 0.717) is 23.4 Å². The third kappa shape index (κ3) is 2.70. The van der Waals surface area contributed by atoms with Crippen LogP contribution in [-0.4, -0.2) is 20.6 Å². The van der Waals surface area contributed by atoms with Gasteiger partial charge in [0.05, 0.1) is 22.5 Å². The number of hydrogen-bond donors (Lipinski definition) is 3. The topological polar surface area (TPSA) is 107 Å². The molecule has 0 radical (unpaired) electrons. The highest BCUT2D eigenvalue weighted by molar-refractivity contribution is 6.11. The highest BCUT2D eigenvalue weighted by Crippen LogP contribution is 2.38. The van der Waals surface area contributed by atoms with Gasteiger partial charge in [0.25, 0.3) is 5.91 Å². The lowest BCUT2D eigenvalue weighted by atomic mass is 10.0. The van der Waals surface area contributed by atoms with E-state index >= 15 is 4.39 Å². The van der Waals surface area contributed by atoms with E-state index in [9.17, 15) is 9.90 Å². The molecule has 0 saturated heterocycles. The number of aromatic hydroxyl groups is 1. The Hall–Kier alpha value is -3.09. The third-order valence-corrected chi connectivity index (χ3v) is 5.16. The first kappa shape index (κ1) is 18.7. The van der Waals surface area contributed by atoms with Crippen LogP contribution in [0.4, 0.5) is 10.2 Å². The highest BCUT2D eigenvalue weighted by atomic mass is 19.1. The number of primary amides is 1. The zero-order valence-electron chi connectivity index (χ0n) is 15.8. The van der Waals surface area contributed by atoms with Crippen molar-refractivity contribution in [2.45, 2.75) is 40.0 Å². The van der Waals surface area contributed by atoms with E-state index in [0.717, 1.165) is 5.56 Å². The molecule has 7 heteroatoms. The molecule has 0 saturated carbocycles. The van der Waals surface area contributed by atoms with Crippen LogP contribution in [0.1, 0.15) is 53.4 Å². The van der Waals surface area contributed by atoms with E-state index in [1.165, 1.54) is 10.8 Å². The summed E-state index contributed by atoms with van der Waals surface area (Å²) in [6, 6.07) is 3.27. The van der Waals surface area contributed by atoms with Crippen molar-refractivity contribution in [1.82, 2.24) is 9.55 Å². The summed E-state index contributed by atoms with van der Waals surface area (Å²) in [4.78, 5) is 16.3. The predicted molar refractivity (Wildman–Crippen MR) is 104 cm³/mol. The van der Waals surface area contributed by atoms with E-state index in [-0.39, 0.29) is 34.0 Å². The van der Waals surface area contributed by atoms with Gasteiger partial charge in [-0.1, -0.05) is 19.9 Å². The third-order valence-electron chi connectivity index (χ3n) is 5.16. The van der Waals surface area contributed by atoms with Crippen molar-refractivity contribution in [2.24, 2.45) is 5.73 Å². The number of nitrogens with zero attached hydrogens (tertiary/aromatic N) is 2. The molecule has 1 unspecified atom stereocenters. The number of halogens is 1. The maximum absolute atomic E-state index is 15.5. The SMILES string of the molecule is CCC(C)c1ncc2c(C(N)=O)c(N)n(-c3c(C)ccc(O)c3C)c2c1F. The number of fused-ring (bicyclic) bond motifs is 1. The van der Waals surface area contributed by atoms with Gasteiger partial charge in [-0.3, -0.25) is 14.3 Å². The maximum atomic E-state index is 15.5. The van der Waals surface area contributed by atoms with Gasteiger partial charge in [0.2, 0.25) is 0 Å². The molecule has 1 amide bonds. The number of amides is 1. The zero-order valence-corrected chi connectivity index (χ0v) is 15.8. The molecule has 0 aliphatic heterocycles. The first-order chi connectivity index (χ1) is 12.7. The summed E-state index contributed by atoms with van der Waals surface area (Å²) < 4.78 is 17.0. The molecular formula is C20H23FN4O2. The molecular weight excluding hydrogens is 347 g/mol. The van der Waals surface area contributed by atoms with E-state index in [1.54, 1.807) is 19.1 Å². The first-order valence-electron chi connectivity index (χ1n) is 8.78. The molecule has 2 heterocycles. The van der Waals surface area contributed by atoms with Crippen LogP contribution in [0.15, 0.2) is 18.3 Å². The Kier molecular flexibility index (Phi) is 4.55. The van der Waals surface area contributed by atoms with Gasteiger partial charge in [0.15, 0.2) is 5.82 Å². The number of phenolic OH excluding ortho intramolecular Hbond substituents is 1. The maximum Gasteiger partial charge on any atom is 0.253 e. The van der Waals surface area contributed by atoms with Crippen molar-refractivity contribution < 1.29 is 14.3 Å². The molecule has 0 aliphatic carbocycles. The van der Waals surface area contributed by atoms with Gasteiger partial charge in [-0.25, -0.2) is 4.39 Å². The Morgan fingerprint density at radius 3 is 2.63 bits per heavy atom. The fourth-order valence-corrected chi connectivity index (χ4v) is 3.46. The van der Waals surface area contributed by atoms with Crippen molar-refractivity contribution in [3.05, 3.63) is 46.5 Å². The summed E-state index contributed by atoms with van der Waals surface area (Å²) in [7, 11) is 0. The molecule has 1 atom stereocenters. The summed E-state index contributed by atoms with van der Waals surface area (Å²) in [5, 5.41) is 10.4.